The maximum absolute atomic E-state index is 9.24. The summed E-state index contributed by atoms with van der Waals surface area (Å²) in [6, 6.07) is 9.99. The lowest BCUT2D eigenvalue weighted by Crippen LogP contribution is -2.02. The summed E-state index contributed by atoms with van der Waals surface area (Å²) in [5.41, 5.74) is 3.28. The van der Waals surface area contributed by atoms with Gasteiger partial charge in [-0.2, -0.15) is 5.26 Å². The standard InChI is InChI=1S/C15H12N4S/c1-10-9-20-14(19-10)8-18-15-11(6-16)7-17-13-5-3-2-4-12(13)15/h2-5,7,9H,8H2,1H3,(H,17,18). The molecule has 1 N–H and O–H groups in total. The first-order chi connectivity index (χ1) is 9.78. The average molecular weight is 280 g/mol. The molecule has 2 aromatic heterocycles. The van der Waals surface area contributed by atoms with Gasteiger partial charge in [-0.3, -0.25) is 4.98 Å². The molecule has 0 bridgehead atoms. The van der Waals surface area contributed by atoms with Gasteiger partial charge in [-0.15, -0.1) is 11.3 Å². The number of nitrogens with one attached hydrogen (secondary N) is 1. The lowest BCUT2D eigenvalue weighted by Gasteiger charge is -2.09. The first-order valence-corrected chi connectivity index (χ1v) is 7.08. The van der Waals surface area contributed by atoms with Gasteiger partial charge in [0.25, 0.3) is 0 Å². The fourth-order valence-electron chi connectivity index (χ4n) is 2.06. The Morgan fingerprint density at radius 3 is 2.95 bits per heavy atom. The normalized spacial score (nSPS) is 10.4. The summed E-state index contributed by atoms with van der Waals surface area (Å²) in [6.45, 7) is 2.59. The second-order valence-electron chi connectivity index (χ2n) is 4.41. The largest absolute Gasteiger partial charge is 0.377 e. The Labute approximate surface area is 120 Å². The van der Waals surface area contributed by atoms with E-state index in [0.717, 1.165) is 27.3 Å². The fraction of sp³-hybridized carbons (Fsp3) is 0.133. The van der Waals surface area contributed by atoms with Gasteiger partial charge < -0.3 is 5.32 Å². The molecule has 0 aliphatic carbocycles. The van der Waals surface area contributed by atoms with Crippen molar-refractivity contribution in [3.05, 3.63) is 52.1 Å². The average Bonchev–Trinajstić information content (AvgIpc) is 2.90. The molecule has 0 aliphatic heterocycles. The van der Waals surface area contributed by atoms with Crippen LogP contribution in [0.15, 0.2) is 35.8 Å². The molecule has 0 atom stereocenters. The van der Waals surface area contributed by atoms with E-state index in [2.05, 4.69) is 21.4 Å². The molecule has 1 aromatic carbocycles. The van der Waals surface area contributed by atoms with Crippen molar-refractivity contribution in [2.45, 2.75) is 13.5 Å². The quantitative estimate of drug-likeness (QED) is 0.797. The number of para-hydroxylation sites is 1. The molecule has 98 valence electrons. The molecule has 0 radical (unpaired) electrons. The number of hydrogen-bond donors (Lipinski definition) is 1. The van der Waals surface area contributed by atoms with E-state index in [1.807, 2.05) is 36.6 Å². The van der Waals surface area contributed by atoms with Crippen molar-refractivity contribution >= 4 is 27.9 Å². The molecular weight excluding hydrogens is 268 g/mol. The minimum absolute atomic E-state index is 0.553. The number of pyridine rings is 1. The van der Waals surface area contributed by atoms with Crippen LogP contribution in [-0.4, -0.2) is 9.97 Å². The highest BCUT2D eigenvalue weighted by molar-refractivity contribution is 7.09. The number of benzene rings is 1. The Morgan fingerprint density at radius 1 is 1.35 bits per heavy atom. The van der Waals surface area contributed by atoms with Gasteiger partial charge in [-0.25, -0.2) is 4.98 Å². The third kappa shape index (κ3) is 2.33. The number of anilines is 1. The summed E-state index contributed by atoms with van der Waals surface area (Å²) in [6.07, 6.45) is 1.61. The molecule has 0 saturated carbocycles. The summed E-state index contributed by atoms with van der Waals surface area (Å²) < 4.78 is 0. The SMILES string of the molecule is Cc1csc(CNc2c(C#N)cnc3ccccc23)n1. The molecule has 20 heavy (non-hydrogen) atoms. The highest BCUT2D eigenvalue weighted by atomic mass is 32.1. The van der Waals surface area contributed by atoms with Gasteiger partial charge in [0.05, 0.1) is 23.3 Å². The number of aromatic nitrogens is 2. The van der Waals surface area contributed by atoms with Crippen molar-refractivity contribution in [2.75, 3.05) is 5.32 Å². The third-order valence-corrected chi connectivity index (χ3v) is 3.95. The molecule has 2 heterocycles. The Bertz CT molecular complexity index is 801. The van der Waals surface area contributed by atoms with Gasteiger partial charge in [0.15, 0.2) is 0 Å². The minimum atomic E-state index is 0.553. The molecule has 4 nitrogen and oxygen atoms in total. The van der Waals surface area contributed by atoms with E-state index >= 15 is 0 Å². The zero-order chi connectivity index (χ0) is 13.9. The molecular formula is C15H12N4S. The van der Waals surface area contributed by atoms with Crippen LogP contribution in [0.3, 0.4) is 0 Å². The third-order valence-electron chi connectivity index (χ3n) is 2.98. The zero-order valence-corrected chi connectivity index (χ0v) is 11.7. The highest BCUT2D eigenvalue weighted by Gasteiger charge is 2.08. The van der Waals surface area contributed by atoms with Gasteiger partial charge in [0.1, 0.15) is 11.1 Å². The van der Waals surface area contributed by atoms with Crippen molar-refractivity contribution in [3.8, 4) is 6.07 Å². The predicted octanol–water partition coefficient (Wildman–Crippen LogP) is 3.48. The number of rotatable bonds is 3. The van der Waals surface area contributed by atoms with E-state index in [0.29, 0.717) is 12.1 Å². The molecule has 5 heteroatoms. The Kier molecular flexibility index (Phi) is 3.32. The van der Waals surface area contributed by atoms with E-state index in [9.17, 15) is 5.26 Å². The lowest BCUT2D eigenvalue weighted by molar-refractivity contribution is 1.08. The number of fused-ring (bicyclic) bond motifs is 1. The first kappa shape index (κ1) is 12.6. The maximum atomic E-state index is 9.24. The maximum Gasteiger partial charge on any atom is 0.112 e. The Morgan fingerprint density at radius 2 is 2.20 bits per heavy atom. The number of hydrogen-bond acceptors (Lipinski definition) is 5. The van der Waals surface area contributed by atoms with Crippen LogP contribution in [0.5, 0.6) is 0 Å². The van der Waals surface area contributed by atoms with E-state index in [1.54, 1.807) is 17.5 Å². The summed E-state index contributed by atoms with van der Waals surface area (Å²) >= 11 is 1.62. The van der Waals surface area contributed by atoms with Gasteiger partial charge in [0, 0.05) is 22.7 Å². The van der Waals surface area contributed by atoms with Gasteiger partial charge in [-0.1, -0.05) is 18.2 Å². The van der Waals surface area contributed by atoms with Crippen molar-refractivity contribution in [3.63, 3.8) is 0 Å². The van der Waals surface area contributed by atoms with Crippen LogP contribution < -0.4 is 5.32 Å². The number of thiazole rings is 1. The van der Waals surface area contributed by atoms with Crippen molar-refractivity contribution in [2.24, 2.45) is 0 Å². The molecule has 0 fully saturated rings. The predicted molar refractivity (Wildman–Crippen MR) is 80.6 cm³/mol. The van der Waals surface area contributed by atoms with Crippen LogP contribution in [0.2, 0.25) is 0 Å². The molecule has 0 spiro atoms. The van der Waals surface area contributed by atoms with Crippen LogP contribution in [-0.2, 0) is 6.54 Å². The second-order valence-corrected chi connectivity index (χ2v) is 5.35. The lowest BCUT2D eigenvalue weighted by atomic mass is 10.1. The van der Waals surface area contributed by atoms with Crippen LogP contribution in [0, 0.1) is 18.3 Å². The van der Waals surface area contributed by atoms with Crippen LogP contribution in [0.25, 0.3) is 10.9 Å². The molecule has 0 saturated heterocycles. The topological polar surface area (TPSA) is 61.6 Å². The van der Waals surface area contributed by atoms with E-state index in [1.165, 1.54) is 0 Å². The van der Waals surface area contributed by atoms with Crippen molar-refractivity contribution in [1.29, 1.82) is 5.26 Å². The van der Waals surface area contributed by atoms with E-state index in [4.69, 9.17) is 0 Å². The smallest absolute Gasteiger partial charge is 0.112 e. The summed E-state index contributed by atoms with van der Waals surface area (Å²) in [5, 5.41) is 16.5. The number of nitrogens with zero attached hydrogens (tertiary/aromatic N) is 3. The summed E-state index contributed by atoms with van der Waals surface area (Å²) in [7, 11) is 0. The first-order valence-electron chi connectivity index (χ1n) is 6.20. The summed E-state index contributed by atoms with van der Waals surface area (Å²) in [4.78, 5) is 8.72. The number of aryl methyl sites for hydroxylation is 1. The molecule has 0 aliphatic rings. The Hall–Kier alpha value is -2.45. The van der Waals surface area contributed by atoms with Crippen LogP contribution >= 0.6 is 11.3 Å². The van der Waals surface area contributed by atoms with Crippen molar-refractivity contribution in [1.82, 2.24) is 9.97 Å². The molecule has 3 rings (SSSR count). The minimum Gasteiger partial charge on any atom is -0.377 e. The monoisotopic (exact) mass is 280 g/mol. The molecule has 3 aromatic rings. The highest BCUT2D eigenvalue weighted by Crippen LogP contribution is 2.26. The van der Waals surface area contributed by atoms with Gasteiger partial charge in [-0.05, 0) is 13.0 Å². The van der Waals surface area contributed by atoms with E-state index < -0.39 is 0 Å². The van der Waals surface area contributed by atoms with Gasteiger partial charge >= 0.3 is 0 Å². The number of nitriles is 1. The van der Waals surface area contributed by atoms with Crippen LogP contribution in [0.1, 0.15) is 16.3 Å². The Balaban J connectivity index is 1.98. The second kappa shape index (κ2) is 5.27. The fourth-order valence-corrected chi connectivity index (χ4v) is 2.78. The summed E-state index contributed by atoms with van der Waals surface area (Å²) in [5.74, 6) is 0. The van der Waals surface area contributed by atoms with E-state index in [-0.39, 0.29) is 0 Å². The molecule has 0 amide bonds. The van der Waals surface area contributed by atoms with Gasteiger partial charge in [0.2, 0.25) is 0 Å². The van der Waals surface area contributed by atoms with Crippen molar-refractivity contribution < 1.29 is 0 Å². The molecule has 0 unspecified atom stereocenters. The zero-order valence-electron chi connectivity index (χ0n) is 10.9. The van der Waals surface area contributed by atoms with Crippen LogP contribution in [0.4, 0.5) is 5.69 Å².